The second-order valence-electron chi connectivity index (χ2n) is 5.49. The van der Waals surface area contributed by atoms with Crippen LogP contribution in [0.5, 0.6) is 0 Å². The highest BCUT2D eigenvalue weighted by atomic mass is 32.2. The van der Waals surface area contributed by atoms with Crippen LogP contribution in [0.15, 0.2) is 17.2 Å². The van der Waals surface area contributed by atoms with Gasteiger partial charge in [-0.15, -0.1) is 0 Å². The Balaban J connectivity index is 2.20. The van der Waals surface area contributed by atoms with Gasteiger partial charge in [0, 0.05) is 31.0 Å². The van der Waals surface area contributed by atoms with Crippen molar-refractivity contribution in [3.05, 3.63) is 18.0 Å². The maximum atomic E-state index is 12.2. The summed E-state index contributed by atoms with van der Waals surface area (Å²) in [6.45, 7) is 5.33. The number of sulfonamides is 1. The lowest BCUT2D eigenvalue weighted by atomic mass is 10.3. The number of aromatic nitrogens is 1. The second-order valence-corrected chi connectivity index (χ2v) is 7.26. The molecule has 1 aromatic heterocycles. The molecule has 1 aliphatic carbocycles. The van der Waals surface area contributed by atoms with Crippen molar-refractivity contribution in [2.45, 2.75) is 44.2 Å². The predicted octanol–water partition coefficient (Wildman–Crippen LogP) is 1.48. The van der Waals surface area contributed by atoms with E-state index in [0.29, 0.717) is 23.9 Å². The molecule has 0 unspecified atom stereocenters. The van der Waals surface area contributed by atoms with Gasteiger partial charge in [0.05, 0.1) is 4.90 Å². The van der Waals surface area contributed by atoms with Gasteiger partial charge in [0.25, 0.3) is 0 Å². The largest absolute Gasteiger partial charge is 0.346 e. The first-order valence-corrected chi connectivity index (χ1v) is 8.27. The molecule has 1 fully saturated rings. The zero-order chi connectivity index (χ0) is 14.0. The minimum Gasteiger partial charge on any atom is -0.346 e. The van der Waals surface area contributed by atoms with Gasteiger partial charge in [-0.25, -0.2) is 13.1 Å². The predicted molar refractivity (Wildman–Crippen MR) is 75.5 cm³/mol. The van der Waals surface area contributed by atoms with E-state index in [1.807, 2.05) is 25.5 Å². The van der Waals surface area contributed by atoms with Crippen molar-refractivity contribution in [1.29, 1.82) is 0 Å². The maximum Gasteiger partial charge on any atom is 0.242 e. The Morgan fingerprint density at radius 3 is 2.63 bits per heavy atom. The Kier molecular flexibility index (Phi) is 4.32. The van der Waals surface area contributed by atoms with Gasteiger partial charge in [0.1, 0.15) is 0 Å². The van der Waals surface area contributed by atoms with Crippen LogP contribution >= 0.6 is 0 Å². The van der Waals surface area contributed by atoms with Crippen LogP contribution < -0.4 is 10.0 Å². The van der Waals surface area contributed by atoms with Crippen LogP contribution in [0.3, 0.4) is 0 Å². The van der Waals surface area contributed by atoms with Crippen LogP contribution in [-0.2, 0) is 16.6 Å². The molecule has 0 bridgehead atoms. The fraction of sp³-hybridized carbons (Fsp3) is 0.692. The summed E-state index contributed by atoms with van der Waals surface area (Å²) in [6, 6.07) is 2.00. The SMILES string of the molecule is CNCc1cc(S(=O)(=O)NCC2CC2)cn1C(C)C. The van der Waals surface area contributed by atoms with Crippen molar-refractivity contribution in [3.63, 3.8) is 0 Å². The summed E-state index contributed by atoms with van der Waals surface area (Å²) in [6.07, 6.45) is 4.01. The third-order valence-corrected chi connectivity index (χ3v) is 4.78. The van der Waals surface area contributed by atoms with E-state index in [9.17, 15) is 8.42 Å². The third kappa shape index (κ3) is 3.58. The smallest absolute Gasteiger partial charge is 0.242 e. The topological polar surface area (TPSA) is 63.1 Å². The van der Waals surface area contributed by atoms with Crippen molar-refractivity contribution in [3.8, 4) is 0 Å². The van der Waals surface area contributed by atoms with Gasteiger partial charge >= 0.3 is 0 Å². The number of nitrogens with zero attached hydrogens (tertiary/aromatic N) is 1. The molecule has 1 aromatic rings. The van der Waals surface area contributed by atoms with E-state index in [1.54, 1.807) is 12.3 Å². The normalized spacial score (nSPS) is 16.2. The third-order valence-electron chi connectivity index (χ3n) is 3.39. The van der Waals surface area contributed by atoms with Gasteiger partial charge in [-0.1, -0.05) is 0 Å². The van der Waals surface area contributed by atoms with E-state index in [2.05, 4.69) is 10.0 Å². The Labute approximate surface area is 115 Å². The molecule has 1 aliphatic rings. The molecular weight excluding hydrogens is 262 g/mol. The quantitative estimate of drug-likeness (QED) is 0.797. The molecule has 0 amide bonds. The maximum absolute atomic E-state index is 12.2. The molecular formula is C13H23N3O2S. The molecule has 0 aromatic carbocycles. The van der Waals surface area contributed by atoms with Crippen LogP contribution in [0.25, 0.3) is 0 Å². The Morgan fingerprint density at radius 1 is 1.42 bits per heavy atom. The lowest BCUT2D eigenvalue weighted by Crippen LogP contribution is -2.25. The number of rotatable bonds is 7. The molecule has 19 heavy (non-hydrogen) atoms. The molecule has 0 atom stereocenters. The number of hydrogen-bond donors (Lipinski definition) is 2. The lowest BCUT2D eigenvalue weighted by molar-refractivity contribution is 0.560. The van der Waals surface area contributed by atoms with E-state index in [0.717, 1.165) is 18.5 Å². The summed E-state index contributed by atoms with van der Waals surface area (Å²) in [7, 11) is -1.51. The Morgan fingerprint density at radius 2 is 2.11 bits per heavy atom. The molecule has 0 aliphatic heterocycles. The van der Waals surface area contributed by atoms with E-state index in [4.69, 9.17) is 0 Å². The van der Waals surface area contributed by atoms with Gasteiger partial charge < -0.3 is 9.88 Å². The summed E-state index contributed by atoms with van der Waals surface area (Å²) in [5.74, 6) is 0.540. The average Bonchev–Trinajstić information content (AvgIpc) is 3.06. The molecule has 2 N–H and O–H groups in total. The molecule has 0 saturated heterocycles. The molecule has 2 rings (SSSR count). The highest BCUT2D eigenvalue weighted by Gasteiger charge is 2.25. The molecule has 1 heterocycles. The first-order valence-electron chi connectivity index (χ1n) is 6.79. The summed E-state index contributed by atoms with van der Waals surface area (Å²) >= 11 is 0. The standard InChI is InChI=1S/C13H23N3O2S/c1-10(2)16-9-13(6-12(16)8-14-3)19(17,18)15-7-11-4-5-11/h6,9-11,14-15H,4-5,7-8H2,1-3H3. The van der Waals surface area contributed by atoms with Crippen LogP contribution in [-0.4, -0.2) is 26.6 Å². The summed E-state index contributed by atoms with van der Waals surface area (Å²) in [5, 5.41) is 3.07. The molecule has 6 heteroatoms. The van der Waals surface area contributed by atoms with Gasteiger partial charge in [-0.2, -0.15) is 0 Å². The average molecular weight is 285 g/mol. The summed E-state index contributed by atoms with van der Waals surface area (Å²) < 4.78 is 29.1. The zero-order valence-corrected chi connectivity index (χ0v) is 12.6. The van der Waals surface area contributed by atoms with E-state index in [-0.39, 0.29) is 6.04 Å². The number of nitrogens with one attached hydrogen (secondary N) is 2. The first-order chi connectivity index (χ1) is 8.94. The minimum absolute atomic E-state index is 0.246. The molecule has 5 nitrogen and oxygen atoms in total. The zero-order valence-electron chi connectivity index (χ0n) is 11.8. The van der Waals surface area contributed by atoms with Gasteiger partial charge in [-0.3, -0.25) is 0 Å². The molecule has 1 saturated carbocycles. The summed E-state index contributed by atoms with van der Waals surface area (Å²) in [4.78, 5) is 0.368. The highest BCUT2D eigenvalue weighted by molar-refractivity contribution is 7.89. The van der Waals surface area contributed by atoms with Crippen molar-refractivity contribution in [1.82, 2.24) is 14.6 Å². The molecule has 108 valence electrons. The van der Waals surface area contributed by atoms with Crippen LogP contribution in [0, 0.1) is 5.92 Å². The van der Waals surface area contributed by atoms with Gasteiger partial charge in [-0.05, 0) is 45.7 Å². The van der Waals surface area contributed by atoms with Crippen molar-refractivity contribution >= 4 is 10.0 Å². The fourth-order valence-corrected chi connectivity index (χ4v) is 3.25. The molecule has 0 radical (unpaired) electrons. The van der Waals surface area contributed by atoms with Crippen molar-refractivity contribution < 1.29 is 8.42 Å². The second kappa shape index (κ2) is 5.64. The van der Waals surface area contributed by atoms with Crippen LogP contribution in [0.4, 0.5) is 0 Å². The first kappa shape index (κ1) is 14.6. The van der Waals surface area contributed by atoms with E-state index < -0.39 is 10.0 Å². The van der Waals surface area contributed by atoms with Crippen LogP contribution in [0.2, 0.25) is 0 Å². The number of hydrogen-bond acceptors (Lipinski definition) is 3. The van der Waals surface area contributed by atoms with Crippen molar-refractivity contribution in [2.75, 3.05) is 13.6 Å². The summed E-state index contributed by atoms with van der Waals surface area (Å²) in [5.41, 5.74) is 0.990. The van der Waals surface area contributed by atoms with Crippen molar-refractivity contribution in [2.24, 2.45) is 5.92 Å². The van der Waals surface area contributed by atoms with Crippen LogP contribution in [0.1, 0.15) is 38.4 Å². The van der Waals surface area contributed by atoms with Gasteiger partial charge in [0.2, 0.25) is 10.0 Å². The Bertz CT molecular complexity index is 530. The van der Waals surface area contributed by atoms with E-state index in [1.165, 1.54) is 0 Å². The minimum atomic E-state index is -3.37. The lowest BCUT2D eigenvalue weighted by Gasteiger charge is -2.11. The fourth-order valence-electron chi connectivity index (χ4n) is 2.08. The highest BCUT2D eigenvalue weighted by Crippen LogP contribution is 2.28. The van der Waals surface area contributed by atoms with Gasteiger partial charge in [0.15, 0.2) is 0 Å². The Hall–Kier alpha value is -0.850. The molecule has 0 spiro atoms. The monoisotopic (exact) mass is 285 g/mol. The van der Waals surface area contributed by atoms with E-state index >= 15 is 0 Å².